The summed E-state index contributed by atoms with van der Waals surface area (Å²) in [6, 6.07) is 21.3. The number of benzene rings is 3. The number of hydrogen-bond donors (Lipinski definition) is 1. The van der Waals surface area contributed by atoms with Crippen LogP contribution in [-0.4, -0.2) is 11.1 Å². The number of ether oxygens (including phenoxy) is 1. The first kappa shape index (κ1) is 16.6. The van der Waals surface area contributed by atoms with Gasteiger partial charge in [-0.05, 0) is 72.8 Å². The molecular formula is C19H13BrO3S. The van der Waals surface area contributed by atoms with Crippen LogP contribution in [0.4, 0.5) is 0 Å². The molecule has 0 unspecified atom stereocenters. The van der Waals surface area contributed by atoms with E-state index in [9.17, 15) is 9.90 Å². The summed E-state index contributed by atoms with van der Waals surface area (Å²) < 4.78 is 6.28. The molecular weight excluding hydrogens is 388 g/mol. The van der Waals surface area contributed by atoms with Crippen molar-refractivity contribution < 1.29 is 14.6 Å². The summed E-state index contributed by atoms with van der Waals surface area (Å²) in [5.74, 6) is 0.356. The van der Waals surface area contributed by atoms with Gasteiger partial charge in [-0.25, -0.2) is 4.79 Å². The molecule has 0 saturated carbocycles. The van der Waals surface area contributed by atoms with Gasteiger partial charge in [-0.2, -0.15) is 0 Å². The van der Waals surface area contributed by atoms with Gasteiger partial charge < -0.3 is 9.84 Å². The molecule has 0 aliphatic heterocycles. The summed E-state index contributed by atoms with van der Waals surface area (Å²) in [6.07, 6.45) is 0. The zero-order valence-corrected chi connectivity index (χ0v) is 14.9. The van der Waals surface area contributed by atoms with Crippen LogP contribution >= 0.6 is 27.7 Å². The number of halogens is 1. The zero-order chi connectivity index (χ0) is 16.9. The lowest BCUT2D eigenvalue weighted by Gasteiger charge is -2.06. The van der Waals surface area contributed by atoms with Crippen molar-refractivity contribution >= 4 is 33.7 Å². The molecule has 0 aliphatic carbocycles. The van der Waals surface area contributed by atoms with Crippen molar-refractivity contribution in [1.29, 1.82) is 0 Å². The first-order valence-electron chi connectivity index (χ1n) is 7.15. The van der Waals surface area contributed by atoms with Gasteiger partial charge in [0.05, 0.1) is 5.56 Å². The fourth-order valence-electron chi connectivity index (χ4n) is 1.98. The highest BCUT2D eigenvalue weighted by molar-refractivity contribution is 9.10. The van der Waals surface area contributed by atoms with Gasteiger partial charge in [0.1, 0.15) is 11.5 Å². The van der Waals surface area contributed by atoms with Gasteiger partial charge in [-0.15, -0.1) is 0 Å². The number of phenolic OH excluding ortho intramolecular Hbond substituents is 1. The van der Waals surface area contributed by atoms with E-state index in [0.717, 1.165) is 14.3 Å². The first-order valence-corrected chi connectivity index (χ1v) is 8.76. The van der Waals surface area contributed by atoms with Crippen LogP contribution in [-0.2, 0) is 0 Å². The Morgan fingerprint density at radius 2 is 1.38 bits per heavy atom. The second-order valence-electron chi connectivity index (χ2n) is 4.96. The van der Waals surface area contributed by atoms with Crippen LogP contribution in [0.5, 0.6) is 11.5 Å². The molecule has 120 valence electrons. The molecule has 0 saturated heterocycles. The maximum absolute atomic E-state index is 12.1. The Hall–Kier alpha value is -2.24. The second-order valence-corrected chi connectivity index (χ2v) is 7.03. The van der Waals surface area contributed by atoms with Crippen molar-refractivity contribution in [2.75, 3.05) is 0 Å². The number of carbonyl (C=O) groups excluding carboxylic acids is 1. The van der Waals surface area contributed by atoms with Crippen LogP contribution in [0, 0.1) is 0 Å². The summed E-state index contributed by atoms with van der Waals surface area (Å²) >= 11 is 4.90. The molecule has 5 heteroatoms. The Morgan fingerprint density at radius 1 is 0.833 bits per heavy atom. The van der Waals surface area contributed by atoms with Gasteiger partial charge in [0, 0.05) is 14.3 Å². The summed E-state index contributed by atoms with van der Waals surface area (Å²) in [6.45, 7) is 0. The molecule has 3 aromatic rings. The quantitative estimate of drug-likeness (QED) is 0.462. The van der Waals surface area contributed by atoms with Crippen LogP contribution in [0.3, 0.4) is 0 Å². The topological polar surface area (TPSA) is 46.5 Å². The Bertz CT molecular complexity index is 828. The average molecular weight is 401 g/mol. The van der Waals surface area contributed by atoms with E-state index in [0.29, 0.717) is 11.3 Å². The maximum atomic E-state index is 12.1. The van der Waals surface area contributed by atoms with Crippen LogP contribution < -0.4 is 4.74 Å². The minimum Gasteiger partial charge on any atom is -0.508 e. The molecule has 0 spiro atoms. The summed E-state index contributed by atoms with van der Waals surface area (Å²) in [7, 11) is 0. The highest BCUT2D eigenvalue weighted by Gasteiger charge is 2.08. The number of aromatic hydroxyl groups is 1. The average Bonchev–Trinajstić information content (AvgIpc) is 2.59. The van der Waals surface area contributed by atoms with Crippen LogP contribution in [0.15, 0.2) is 87.1 Å². The van der Waals surface area contributed by atoms with Gasteiger partial charge in [0.2, 0.25) is 0 Å². The zero-order valence-electron chi connectivity index (χ0n) is 12.5. The molecule has 3 nitrogen and oxygen atoms in total. The van der Waals surface area contributed by atoms with E-state index in [1.807, 2.05) is 24.3 Å². The molecule has 0 aliphatic rings. The van der Waals surface area contributed by atoms with Crippen molar-refractivity contribution in [3.8, 4) is 11.5 Å². The fraction of sp³-hybridized carbons (Fsp3) is 0. The van der Waals surface area contributed by atoms with E-state index in [4.69, 9.17) is 4.74 Å². The Kier molecular flexibility index (Phi) is 5.23. The van der Waals surface area contributed by atoms with E-state index in [-0.39, 0.29) is 11.7 Å². The minimum atomic E-state index is -0.388. The van der Waals surface area contributed by atoms with Gasteiger partial charge >= 0.3 is 5.97 Å². The Labute approximate surface area is 152 Å². The third-order valence-corrected chi connectivity index (χ3v) is 4.73. The second kappa shape index (κ2) is 7.55. The van der Waals surface area contributed by atoms with E-state index >= 15 is 0 Å². The standard InChI is InChI=1S/C19H13BrO3S/c20-14-3-1-13(2-4-14)19(22)23-16-7-11-18(12-8-16)24-17-9-5-15(21)6-10-17/h1-12,21H. The molecule has 0 radical (unpaired) electrons. The molecule has 3 aromatic carbocycles. The monoisotopic (exact) mass is 400 g/mol. The summed E-state index contributed by atoms with van der Waals surface area (Å²) in [4.78, 5) is 14.1. The molecule has 3 rings (SSSR count). The number of carbonyl (C=O) groups is 1. The van der Waals surface area contributed by atoms with Gasteiger partial charge in [0.25, 0.3) is 0 Å². The van der Waals surface area contributed by atoms with Crippen LogP contribution in [0.2, 0.25) is 0 Å². The van der Waals surface area contributed by atoms with E-state index in [1.54, 1.807) is 60.3 Å². The number of hydrogen-bond acceptors (Lipinski definition) is 4. The summed E-state index contributed by atoms with van der Waals surface area (Å²) in [5.41, 5.74) is 0.501. The Balaban J connectivity index is 1.64. The minimum absolute atomic E-state index is 0.245. The lowest BCUT2D eigenvalue weighted by molar-refractivity contribution is 0.0734. The van der Waals surface area contributed by atoms with Crippen molar-refractivity contribution in [2.24, 2.45) is 0 Å². The Morgan fingerprint density at radius 3 is 1.96 bits per heavy atom. The third-order valence-electron chi connectivity index (χ3n) is 3.19. The molecule has 0 heterocycles. The van der Waals surface area contributed by atoms with Crippen molar-refractivity contribution in [2.45, 2.75) is 9.79 Å². The van der Waals surface area contributed by atoms with Crippen LogP contribution in [0.1, 0.15) is 10.4 Å². The predicted molar refractivity (Wildman–Crippen MR) is 97.8 cm³/mol. The van der Waals surface area contributed by atoms with Gasteiger partial charge in [0.15, 0.2) is 0 Å². The predicted octanol–water partition coefficient (Wildman–Crippen LogP) is 5.53. The van der Waals surface area contributed by atoms with Crippen molar-refractivity contribution in [1.82, 2.24) is 0 Å². The fourth-order valence-corrected chi connectivity index (χ4v) is 3.06. The largest absolute Gasteiger partial charge is 0.508 e. The van der Waals surface area contributed by atoms with E-state index in [1.165, 1.54) is 0 Å². The molecule has 0 amide bonds. The first-order chi connectivity index (χ1) is 11.6. The van der Waals surface area contributed by atoms with Crippen molar-refractivity contribution in [3.63, 3.8) is 0 Å². The maximum Gasteiger partial charge on any atom is 0.343 e. The van der Waals surface area contributed by atoms with Gasteiger partial charge in [-0.1, -0.05) is 27.7 Å². The number of phenols is 1. The molecule has 0 atom stereocenters. The van der Waals surface area contributed by atoms with E-state index < -0.39 is 0 Å². The molecule has 1 N–H and O–H groups in total. The lowest BCUT2D eigenvalue weighted by Crippen LogP contribution is -2.08. The lowest BCUT2D eigenvalue weighted by atomic mass is 10.2. The normalized spacial score (nSPS) is 10.4. The highest BCUT2D eigenvalue weighted by atomic mass is 79.9. The number of esters is 1. The van der Waals surface area contributed by atoms with Crippen molar-refractivity contribution in [3.05, 3.63) is 82.8 Å². The smallest absolute Gasteiger partial charge is 0.343 e. The molecule has 0 fully saturated rings. The molecule has 0 bridgehead atoms. The SMILES string of the molecule is O=C(Oc1ccc(Sc2ccc(O)cc2)cc1)c1ccc(Br)cc1. The third kappa shape index (κ3) is 4.40. The summed E-state index contributed by atoms with van der Waals surface area (Å²) in [5, 5.41) is 9.29. The van der Waals surface area contributed by atoms with Gasteiger partial charge in [-0.3, -0.25) is 0 Å². The molecule has 24 heavy (non-hydrogen) atoms. The highest BCUT2D eigenvalue weighted by Crippen LogP contribution is 2.30. The van der Waals surface area contributed by atoms with E-state index in [2.05, 4.69) is 15.9 Å². The molecule has 0 aromatic heterocycles. The van der Waals surface area contributed by atoms with Crippen LogP contribution in [0.25, 0.3) is 0 Å². The number of rotatable bonds is 4.